The highest BCUT2D eigenvalue weighted by atomic mass is 16.5. The van der Waals surface area contributed by atoms with Crippen molar-refractivity contribution in [1.29, 1.82) is 0 Å². The molecule has 7 nitrogen and oxygen atoms in total. The zero-order valence-corrected chi connectivity index (χ0v) is 12.4. The van der Waals surface area contributed by atoms with Crippen molar-refractivity contribution in [2.45, 2.75) is 26.2 Å². The average Bonchev–Trinajstić information content (AvgIpc) is 2.45. The number of aromatic nitrogens is 2. The minimum absolute atomic E-state index is 0.0567. The van der Waals surface area contributed by atoms with Gasteiger partial charge in [-0.25, -0.2) is 4.98 Å². The molecule has 0 saturated heterocycles. The number of benzene rings is 1. The highest BCUT2D eigenvalue weighted by molar-refractivity contribution is 5.60. The summed E-state index contributed by atoms with van der Waals surface area (Å²) in [4.78, 5) is 18.4. The maximum absolute atomic E-state index is 10.7. The minimum Gasteiger partial charge on any atom is -0.508 e. The number of anilines is 2. The first kappa shape index (κ1) is 15.6. The molecule has 2 aromatic rings. The van der Waals surface area contributed by atoms with Crippen molar-refractivity contribution < 1.29 is 14.6 Å². The van der Waals surface area contributed by atoms with E-state index in [1.807, 2.05) is 13.8 Å². The molecule has 2 rings (SSSR count). The molecule has 0 aliphatic heterocycles. The van der Waals surface area contributed by atoms with Crippen molar-refractivity contribution in [1.82, 2.24) is 9.97 Å². The van der Waals surface area contributed by atoms with Gasteiger partial charge in [-0.3, -0.25) is 0 Å². The van der Waals surface area contributed by atoms with E-state index in [1.165, 1.54) is 6.20 Å². The van der Waals surface area contributed by atoms with Crippen molar-refractivity contribution in [2.24, 2.45) is 0 Å². The number of hydrogen-bond acceptors (Lipinski definition) is 7. The predicted octanol–water partition coefficient (Wildman–Crippen LogP) is 2.00. The van der Waals surface area contributed by atoms with Gasteiger partial charge in [0.05, 0.1) is 6.20 Å². The van der Waals surface area contributed by atoms with Gasteiger partial charge in [0.15, 0.2) is 11.6 Å². The van der Waals surface area contributed by atoms with Crippen molar-refractivity contribution in [3.8, 4) is 17.2 Å². The van der Waals surface area contributed by atoms with Gasteiger partial charge in [-0.05, 0) is 18.1 Å². The summed E-state index contributed by atoms with van der Waals surface area (Å²) in [6.07, 6.45) is 2.19. The van der Waals surface area contributed by atoms with Crippen LogP contribution < -0.4 is 16.2 Å². The van der Waals surface area contributed by atoms with Crippen LogP contribution in [0.4, 0.5) is 11.8 Å². The van der Waals surface area contributed by atoms with Crippen molar-refractivity contribution in [3.05, 3.63) is 29.5 Å². The molecule has 0 spiro atoms. The number of nitrogens with two attached hydrogens (primary N) is 2. The third-order valence-electron chi connectivity index (χ3n) is 3.16. The first-order chi connectivity index (χ1) is 10.4. The van der Waals surface area contributed by atoms with E-state index < -0.39 is 0 Å². The molecule has 0 aliphatic rings. The molecule has 0 atom stereocenters. The average molecular weight is 302 g/mol. The summed E-state index contributed by atoms with van der Waals surface area (Å²) in [6, 6.07) is 3.21. The molecule has 7 heteroatoms. The summed E-state index contributed by atoms with van der Waals surface area (Å²) in [5, 5.41) is 9.97. The quantitative estimate of drug-likeness (QED) is 0.721. The number of phenols is 1. The SMILES string of the molecule is CC(C)c1cc(O)c(CC=O)cc1Oc1cnc(N)nc1N. The number of carbonyl (C=O) groups excluding carboxylic acids is 1. The fourth-order valence-electron chi connectivity index (χ4n) is 2.01. The van der Waals surface area contributed by atoms with Gasteiger partial charge in [-0.15, -0.1) is 0 Å². The Hall–Kier alpha value is -2.83. The minimum atomic E-state index is 0.0567. The van der Waals surface area contributed by atoms with E-state index in [2.05, 4.69) is 9.97 Å². The van der Waals surface area contributed by atoms with Crippen LogP contribution in [0, 0.1) is 0 Å². The van der Waals surface area contributed by atoms with E-state index in [0.29, 0.717) is 17.6 Å². The van der Waals surface area contributed by atoms with Crippen LogP contribution >= 0.6 is 0 Å². The van der Waals surface area contributed by atoms with Crippen LogP contribution in [0.5, 0.6) is 17.2 Å². The van der Waals surface area contributed by atoms with Crippen LogP contribution in [0.25, 0.3) is 0 Å². The Labute approximate surface area is 128 Å². The smallest absolute Gasteiger partial charge is 0.222 e. The summed E-state index contributed by atoms with van der Waals surface area (Å²) in [6.45, 7) is 3.92. The highest BCUT2D eigenvalue weighted by Crippen LogP contribution is 2.36. The predicted molar refractivity (Wildman–Crippen MR) is 82.9 cm³/mol. The number of rotatable bonds is 5. The number of carbonyl (C=O) groups is 1. The second-order valence-electron chi connectivity index (χ2n) is 5.12. The molecule has 1 heterocycles. The van der Waals surface area contributed by atoms with Crippen LogP contribution in [0.15, 0.2) is 18.3 Å². The van der Waals surface area contributed by atoms with Crippen LogP contribution in [-0.4, -0.2) is 21.4 Å². The molecule has 0 unspecified atom stereocenters. The van der Waals surface area contributed by atoms with E-state index in [-0.39, 0.29) is 35.6 Å². The fourth-order valence-corrected chi connectivity index (χ4v) is 2.01. The Morgan fingerprint density at radius 1 is 1.32 bits per heavy atom. The summed E-state index contributed by atoms with van der Waals surface area (Å²) in [7, 11) is 0. The molecular weight excluding hydrogens is 284 g/mol. The molecule has 1 aromatic heterocycles. The Balaban J connectivity index is 2.47. The molecule has 1 aromatic carbocycles. The van der Waals surface area contributed by atoms with E-state index in [4.69, 9.17) is 16.2 Å². The van der Waals surface area contributed by atoms with E-state index in [1.54, 1.807) is 12.1 Å². The molecule has 0 radical (unpaired) electrons. The second-order valence-corrected chi connectivity index (χ2v) is 5.12. The largest absolute Gasteiger partial charge is 0.508 e. The van der Waals surface area contributed by atoms with Gasteiger partial charge in [-0.2, -0.15) is 4.98 Å². The molecule has 0 saturated carbocycles. The summed E-state index contributed by atoms with van der Waals surface area (Å²) < 4.78 is 5.77. The van der Waals surface area contributed by atoms with Crippen LogP contribution in [0.1, 0.15) is 30.9 Å². The lowest BCUT2D eigenvalue weighted by molar-refractivity contribution is -0.107. The molecule has 0 fully saturated rings. The van der Waals surface area contributed by atoms with Gasteiger partial charge in [-0.1, -0.05) is 13.8 Å². The van der Waals surface area contributed by atoms with Gasteiger partial charge < -0.3 is 26.1 Å². The Morgan fingerprint density at radius 2 is 2.05 bits per heavy atom. The maximum Gasteiger partial charge on any atom is 0.222 e. The van der Waals surface area contributed by atoms with Crippen molar-refractivity contribution in [3.63, 3.8) is 0 Å². The number of hydrogen-bond donors (Lipinski definition) is 3. The summed E-state index contributed by atoms with van der Waals surface area (Å²) in [5.41, 5.74) is 12.5. The third-order valence-corrected chi connectivity index (χ3v) is 3.16. The highest BCUT2D eigenvalue weighted by Gasteiger charge is 2.15. The Kier molecular flexibility index (Phi) is 4.45. The number of nitrogen functional groups attached to an aromatic ring is 2. The van der Waals surface area contributed by atoms with Crippen LogP contribution in [0.3, 0.4) is 0 Å². The van der Waals surface area contributed by atoms with Crippen molar-refractivity contribution >= 4 is 18.1 Å². The molecule has 116 valence electrons. The van der Waals surface area contributed by atoms with Gasteiger partial charge >= 0.3 is 0 Å². The van der Waals surface area contributed by atoms with Crippen LogP contribution in [0.2, 0.25) is 0 Å². The first-order valence-corrected chi connectivity index (χ1v) is 6.77. The molecular formula is C15H18N4O3. The summed E-state index contributed by atoms with van der Waals surface area (Å²) >= 11 is 0. The number of ether oxygens (including phenoxy) is 1. The van der Waals surface area contributed by atoms with Crippen molar-refractivity contribution in [2.75, 3.05) is 11.5 Å². The van der Waals surface area contributed by atoms with Crippen LogP contribution in [-0.2, 0) is 11.2 Å². The molecule has 5 N–H and O–H groups in total. The maximum atomic E-state index is 10.7. The lowest BCUT2D eigenvalue weighted by atomic mass is 9.98. The van der Waals surface area contributed by atoms with Gasteiger partial charge in [0.1, 0.15) is 17.8 Å². The topological polar surface area (TPSA) is 124 Å². The number of aromatic hydroxyl groups is 1. The van der Waals surface area contributed by atoms with Gasteiger partial charge in [0.25, 0.3) is 0 Å². The summed E-state index contributed by atoms with van der Waals surface area (Å²) in [5.74, 6) is 1.09. The van der Waals surface area contributed by atoms with Gasteiger partial charge in [0.2, 0.25) is 5.95 Å². The fraction of sp³-hybridized carbons (Fsp3) is 0.267. The zero-order chi connectivity index (χ0) is 16.3. The molecule has 22 heavy (non-hydrogen) atoms. The van der Waals surface area contributed by atoms with E-state index in [9.17, 15) is 9.90 Å². The molecule has 0 bridgehead atoms. The number of aldehydes is 1. The lowest BCUT2D eigenvalue weighted by Crippen LogP contribution is -2.03. The van der Waals surface area contributed by atoms with E-state index >= 15 is 0 Å². The Bertz CT molecular complexity index is 701. The third kappa shape index (κ3) is 3.25. The Morgan fingerprint density at radius 3 is 2.64 bits per heavy atom. The van der Waals surface area contributed by atoms with Gasteiger partial charge in [0, 0.05) is 17.5 Å². The number of phenolic OH excluding ortho intramolecular Hbond substituents is 1. The standard InChI is InChI=1S/C15H18N4O3/c1-8(2)10-6-11(21)9(3-4-20)5-12(10)22-13-7-18-15(17)19-14(13)16/h4-8,21H,3H2,1-2H3,(H4,16,17,18,19). The monoisotopic (exact) mass is 302 g/mol. The normalized spacial score (nSPS) is 10.7. The van der Waals surface area contributed by atoms with E-state index in [0.717, 1.165) is 5.56 Å². The molecule has 0 amide bonds. The molecule has 0 aliphatic carbocycles. The second kappa shape index (κ2) is 6.30. The lowest BCUT2D eigenvalue weighted by Gasteiger charge is -2.16. The first-order valence-electron chi connectivity index (χ1n) is 6.77. The zero-order valence-electron chi connectivity index (χ0n) is 12.4. The number of nitrogens with zero attached hydrogens (tertiary/aromatic N) is 2.